The molecule has 26 heavy (non-hydrogen) atoms. The van der Waals surface area contributed by atoms with Gasteiger partial charge in [0.1, 0.15) is 18.2 Å². The molecule has 2 heterocycles. The number of halogens is 2. The molecule has 0 spiro atoms. The van der Waals surface area contributed by atoms with Crippen molar-refractivity contribution in [3.8, 4) is 6.07 Å². The second-order valence-corrected chi connectivity index (χ2v) is 5.91. The Labute approximate surface area is 157 Å². The Morgan fingerprint density at radius 1 is 1.42 bits per heavy atom. The number of nitrogens with zero attached hydrogens (tertiary/aromatic N) is 3. The van der Waals surface area contributed by atoms with E-state index in [-0.39, 0.29) is 22.0 Å². The van der Waals surface area contributed by atoms with E-state index in [0.717, 1.165) is 23.9 Å². The first-order chi connectivity index (χ1) is 12.3. The molecule has 0 unspecified atom stereocenters. The van der Waals surface area contributed by atoms with E-state index in [9.17, 15) is 14.4 Å². The van der Waals surface area contributed by atoms with Crippen molar-refractivity contribution in [3.63, 3.8) is 0 Å². The quantitative estimate of drug-likeness (QED) is 0.794. The van der Waals surface area contributed by atoms with Gasteiger partial charge in [0.2, 0.25) is 5.91 Å². The first-order valence-corrected chi connectivity index (χ1v) is 7.87. The highest BCUT2D eigenvalue weighted by Gasteiger charge is 2.16. The molecule has 134 valence electrons. The standard InChI is InChI=1S/C16H12Cl2N4O4/c1-8-11(17)5-20-14(13(8)18)21-12(23)7-22-6-10(16(25)26-2)3-9(4-19)15(22)24/h3,5-6H,7H2,1-2H3,(H,20,21,23). The number of rotatable bonds is 4. The van der Waals surface area contributed by atoms with Gasteiger partial charge in [-0.25, -0.2) is 9.78 Å². The van der Waals surface area contributed by atoms with E-state index in [1.165, 1.54) is 6.20 Å². The Balaban J connectivity index is 2.32. The Bertz CT molecular complexity index is 995. The molecule has 0 saturated carbocycles. The van der Waals surface area contributed by atoms with E-state index >= 15 is 0 Å². The molecule has 1 amide bonds. The molecular weight excluding hydrogens is 383 g/mol. The number of methoxy groups -OCH3 is 1. The number of ether oxygens (including phenoxy) is 1. The van der Waals surface area contributed by atoms with Crippen LogP contribution in [0.3, 0.4) is 0 Å². The number of carbonyl (C=O) groups excluding carboxylic acids is 2. The highest BCUT2D eigenvalue weighted by molar-refractivity contribution is 6.37. The van der Waals surface area contributed by atoms with Crippen LogP contribution < -0.4 is 10.9 Å². The second-order valence-electron chi connectivity index (χ2n) is 5.12. The smallest absolute Gasteiger partial charge is 0.339 e. The molecular formula is C16H12Cl2N4O4. The van der Waals surface area contributed by atoms with Gasteiger partial charge < -0.3 is 14.6 Å². The lowest BCUT2D eigenvalue weighted by atomic mass is 10.2. The molecule has 0 aliphatic carbocycles. The first kappa shape index (κ1) is 19.4. The number of aromatic nitrogens is 2. The molecule has 0 radical (unpaired) electrons. The van der Waals surface area contributed by atoms with Crippen molar-refractivity contribution in [3.05, 3.63) is 55.5 Å². The zero-order chi connectivity index (χ0) is 19.4. The SMILES string of the molecule is COC(=O)c1cc(C#N)c(=O)n(CC(=O)Nc2ncc(Cl)c(C)c2Cl)c1. The summed E-state index contributed by atoms with van der Waals surface area (Å²) in [5.74, 6) is -1.29. The molecule has 0 bridgehead atoms. The van der Waals surface area contributed by atoms with Crippen molar-refractivity contribution in [2.24, 2.45) is 0 Å². The number of nitriles is 1. The summed E-state index contributed by atoms with van der Waals surface area (Å²) in [6.07, 6.45) is 2.47. The highest BCUT2D eigenvalue weighted by Crippen LogP contribution is 2.28. The minimum Gasteiger partial charge on any atom is -0.465 e. The van der Waals surface area contributed by atoms with Gasteiger partial charge in [0.25, 0.3) is 5.56 Å². The molecule has 0 fully saturated rings. The molecule has 2 rings (SSSR count). The van der Waals surface area contributed by atoms with Gasteiger partial charge >= 0.3 is 5.97 Å². The van der Waals surface area contributed by atoms with E-state index in [0.29, 0.717) is 10.6 Å². The number of hydrogen-bond donors (Lipinski definition) is 1. The van der Waals surface area contributed by atoms with E-state index in [2.05, 4.69) is 15.0 Å². The van der Waals surface area contributed by atoms with Gasteiger partial charge in [-0.15, -0.1) is 0 Å². The molecule has 0 aliphatic rings. The molecule has 1 N–H and O–H groups in total. The van der Waals surface area contributed by atoms with Crippen LogP contribution in [0.1, 0.15) is 21.5 Å². The third-order valence-corrected chi connectivity index (χ3v) is 4.25. The second kappa shape index (κ2) is 7.99. The molecule has 2 aromatic heterocycles. The minimum absolute atomic E-state index is 0.0325. The number of esters is 1. The van der Waals surface area contributed by atoms with Gasteiger partial charge in [-0.05, 0) is 18.6 Å². The summed E-state index contributed by atoms with van der Waals surface area (Å²) in [6.45, 7) is 1.20. The highest BCUT2D eigenvalue weighted by atomic mass is 35.5. The summed E-state index contributed by atoms with van der Waals surface area (Å²) in [6, 6.07) is 2.78. The maximum Gasteiger partial charge on any atom is 0.339 e. The number of nitrogens with one attached hydrogen (secondary N) is 1. The zero-order valence-corrected chi connectivity index (χ0v) is 15.2. The molecule has 10 heteroatoms. The average molecular weight is 395 g/mol. The lowest BCUT2D eigenvalue weighted by molar-refractivity contribution is -0.116. The largest absolute Gasteiger partial charge is 0.465 e. The molecule has 0 saturated heterocycles. The molecule has 8 nitrogen and oxygen atoms in total. The van der Waals surface area contributed by atoms with Gasteiger partial charge in [0.05, 0.1) is 22.7 Å². The van der Waals surface area contributed by atoms with Crippen molar-refractivity contribution in [1.29, 1.82) is 5.26 Å². The van der Waals surface area contributed by atoms with Crippen LogP contribution in [-0.2, 0) is 16.1 Å². The predicted molar refractivity (Wildman–Crippen MR) is 94.4 cm³/mol. The Hall–Kier alpha value is -2.89. The van der Waals surface area contributed by atoms with E-state index in [1.54, 1.807) is 13.0 Å². The van der Waals surface area contributed by atoms with Crippen molar-refractivity contribution in [1.82, 2.24) is 9.55 Å². The summed E-state index contributed by atoms with van der Waals surface area (Å²) in [7, 11) is 1.16. The Morgan fingerprint density at radius 3 is 2.73 bits per heavy atom. The van der Waals surface area contributed by atoms with E-state index < -0.39 is 24.0 Å². The van der Waals surface area contributed by atoms with Gasteiger partial charge in [-0.1, -0.05) is 23.2 Å². The number of pyridine rings is 2. The Kier molecular flexibility index (Phi) is 5.97. The molecule has 0 aliphatic heterocycles. The van der Waals surface area contributed by atoms with Gasteiger partial charge in [-0.2, -0.15) is 5.26 Å². The number of hydrogen-bond acceptors (Lipinski definition) is 6. The zero-order valence-electron chi connectivity index (χ0n) is 13.7. The normalized spacial score (nSPS) is 10.1. The fraction of sp³-hybridized carbons (Fsp3) is 0.188. The number of carbonyl (C=O) groups is 2. The lowest BCUT2D eigenvalue weighted by Crippen LogP contribution is -2.30. The van der Waals surface area contributed by atoms with Gasteiger partial charge in [-0.3, -0.25) is 9.59 Å². The van der Waals surface area contributed by atoms with Crippen LogP contribution in [0.25, 0.3) is 0 Å². The summed E-state index contributed by atoms with van der Waals surface area (Å²) < 4.78 is 5.49. The van der Waals surface area contributed by atoms with Crippen LogP contribution >= 0.6 is 23.2 Å². The Morgan fingerprint density at radius 2 is 2.12 bits per heavy atom. The fourth-order valence-corrected chi connectivity index (χ4v) is 2.42. The predicted octanol–water partition coefficient (Wildman–Crippen LogP) is 2.16. The average Bonchev–Trinajstić information content (AvgIpc) is 2.63. The maximum absolute atomic E-state index is 12.2. The van der Waals surface area contributed by atoms with Gasteiger partial charge in [0, 0.05) is 12.4 Å². The van der Waals surface area contributed by atoms with E-state index in [1.807, 2.05) is 0 Å². The van der Waals surface area contributed by atoms with Crippen LogP contribution in [0, 0.1) is 18.3 Å². The summed E-state index contributed by atoms with van der Waals surface area (Å²) in [5, 5.41) is 12.0. The molecule has 2 aromatic rings. The van der Waals surface area contributed by atoms with Crippen LogP contribution in [0.2, 0.25) is 10.0 Å². The maximum atomic E-state index is 12.2. The fourth-order valence-electron chi connectivity index (χ4n) is 2.03. The lowest BCUT2D eigenvalue weighted by Gasteiger charge is -2.11. The topological polar surface area (TPSA) is 114 Å². The van der Waals surface area contributed by atoms with Crippen molar-refractivity contribution in [2.75, 3.05) is 12.4 Å². The molecule has 0 atom stereocenters. The summed E-state index contributed by atoms with van der Waals surface area (Å²) >= 11 is 12.0. The van der Waals surface area contributed by atoms with Crippen molar-refractivity contribution in [2.45, 2.75) is 13.5 Å². The third-order valence-electron chi connectivity index (χ3n) is 3.40. The molecule has 0 aromatic carbocycles. The minimum atomic E-state index is -0.742. The van der Waals surface area contributed by atoms with E-state index in [4.69, 9.17) is 28.5 Å². The van der Waals surface area contributed by atoms with Crippen LogP contribution in [0.5, 0.6) is 0 Å². The van der Waals surface area contributed by atoms with Crippen molar-refractivity contribution >= 4 is 40.9 Å². The van der Waals surface area contributed by atoms with Crippen molar-refractivity contribution < 1.29 is 14.3 Å². The monoisotopic (exact) mass is 394 g/mol. The summed E-state index contributed by atoms with van der Waals surface area (Å²) in [5.41, 5.74) is -0.508. The van der Waals surface area contributed by atoms with Crippen LogP contribution in [-0.4, -0.2) is 28.5 Å². The third kappa shape index (κ3) is 4.02. The van der Waals surface area contributed by atoms with Crippen LogP contribution in [0.4, 0.5) is 5.82 Å². The summed E-state index contributed by atoms with van der Waals surface area (Å²) in [4.78, 5) is 40.0. The number of anilines is 1. The first-order valence-electron chi connectivity index (χ1n) is 7.11. The van der Waals surface area contributed by atoms with Gasteiger partial charge in [0.15, 0.2) is 5.82 Å². The van der Waals surface area contributed by atoms with Crippen LogP contribution in [0.15, 0.2) is 23.3 Å². The number of amides is 1.